The number of carbonyl (C=O) groups excluding carboxylic acids is 3. The fourth-order valence-corrected chi connectivity index (χ4v) is 2.74. The lowest BCUT2D eigenvalue weighted by molar-refractivity contribution is -0.119. The van der Waals surface area contributed by atoms with Crippen LogP contribution in [0, 0.1) is 0 Å². The van der Waals surface area contributed by atoms with E-state index in [4.69, 9.17) is 9.47 Å². The van der Waals surface area contributed by atoms with Gasteiger partial charge in [-0.25, -0.2) is 4.79 Å². The molecule has 0 saturated heterocycles. The Bertz CT molecular complexity index is 753. The Kier molecular flexibility index (Phi) is 6.08. The minimum atomic E-state index is -0.586. The number of Topliss-reactive ketones (excluding diaryl/α,β-unsaturated/α-hetero) is 1. The largest absolute Gasteiger partial charge is 0.497 e. The van der Waals surface area contributed by atoms with Crippen LogP contribution in [0.1, 0.15) is 31.8 Å². The van der Waals surface area contributed by atoms with Gasteiger partial charge in [0, 0.05) is 11.8 Å². The van der Waals surface area contributed by atoms with Crippen molar-refractivity contribution in [3.05, 3.63) is 51.7 Å². The molecule has 6 nitrogen and oxygen atoms in total. The smallest absolute Gasteiger partial charge is 0.338 e. The van der Waals surface area contributed by atoms with Crippen molar-refractivity contribution in [3.63, 3.8) is 0 Å². The van der Waals surface area contributed by atoms with E-state index in [1.54, 1.807) is 36.4 Å². The van der Waals surface area contributed by atoms with Gasteiger partial charge in [-0.15, -0.1) is 11.3 Å². The van der Waals surface area contributed by atoms with Crippen molar-refractivity contribution >= 4 is 29.0 Å². The van der Waals surface area contributed by atoms with E-state index in [1.165, 1.54) is 25.4 Å². The van der Waals surface area contributed by atoms with E-state index in [-0.39, 0.29) is 18.3 Å². The van der Waals surface area contributed by atoms with Crippen LogP contribution < -0.4 is 10.1 Å². The van der Waals surface area contributed by atoms with Gasteiger partial charge in [-0.1, -0.05) is 6.07 Å². The molecule has 0 fully saturated rings. The lowest BCUT2D eigenvalue weighted by Crippen LogP contribution is -2.18. The minimum absolute atomic E-state index is 0.136. The number of hydrogen-bond donors (Lipinski definition) is 1. The van der Waals surface area contributed by atoms with Gasteiger partial charge >= 0.3 is 5.97 Å². The second-order valence-corrected chi connectivity index (χ2v) is 6.08. The van der Waals surface area contributed by atoms with E-state index >= 15 is 0 Å². The lowest BCUT2D eigenvalue weighted by atomic mass is 10.2. The number of esters is 1. The summed E-state index contributed by atoms with van der Waals surface area (Å²) in [5.41, 5.74) is 0.319. The third-order valence-corrected chi connectivity index (χ3v) is 4.21. The number of ketones is 1. The number of hydrogen-bond acceptors (Lipinski definition) is 6. The van der Waals surface area contributed by atoms with E-state index in [9.17, 15) is 14.4 Å². The second-order valence-electron chi connectivity index (χ2n) is 4.91. The Morgan fingerprint density at radius 2 is 1.96 bits per heavy atom. The summed E-state index contributed by atoms with van der Waals surface area (Å²) in [6, 6.07) is 9.94. The molecule has 24 heavy (non-hydrogen) atoms. The van der Waals surface area contributed by atoms with Crippen LogP contribution in [0.3, 0.4) is 0 Å². The van der Waals surface area contributed by atoms with Crippen LogP contribution >= 0.6 is 11.3 Å². The van der Waals surface area contributed by atoms with E-state index in [1.807, 2.05) is 0 Å². The summed E-state index contributed by atoms with van der Waals surface area (Å²) in [5, 5.41) is 2.66. The minimum Gasteiger partial charge on any atom is -0.497 e. The van der Waals surface area contributed by atoms with Crippen molar-refractivity contribution in [1.29, 1.82) is 0 Å². The van der Waals surface area contributed by atoms with E-state index in [0.29, 0.717) is 22.7 Å². The van der Waals surface area contributed by atoms with Gasteiger partial charge in [0.05, 0.1) is 24.1 Å². The highest BCUT2D eigenvalue weighted by Crippen LogP contribution is 2.18. The van der Waals surface area contributed by atoms with E-state index in [2.05, 4.69) is 5.32 Å². The molecule has 1 N–H and O–H groups in total. The van der Waals surface area contributed by atoms with Gasteiger partial charge in [-0.05, 0) is 30.3 Å². The highest BCUT2D eigenvalue weighted by Gasteiger charge is 2.14. The fraction of sp³-hybridized carbons (Fsp3) is 0.235. The molecule has 0 spiro atoms. The number of methoxy groups -OCH3 is 1. The van der Waals surface area contributed by atoms with E-state index in [0.717, 1.165) is 4.88 Å². The first kappa shape index (κ1) is 17.7. The monoisotopic (exact) mass is 347 g/mol. The third-order valence-electron chi connectivity index (χ3n) is 3.09. The van der Waals surface area contributed by atoms with Crippen LogP contribution in [0.2, 0.25) is 0 Å². The molecule has 1 aromatic heterocycles. The van der Waals surface area contributed by atoms with Crippen LogP contribution in [0.4, 0.5) is 0 Å². The van der Waals surface area contributed by atoms with Gasteiger partial charge in [0.2, 0.25) is 11.7 Å². The predicted octanol–water partition coefficient (Wildman–Crippen LogP) is 2.43. The molecule has 2 aromatic rings. The lowest BCUT2D eigenvalue weighted by Gasteiger charge is -2.05. The maximum Gasteiger partial charge on any atom is 0.338 e. The van der Waals surface area contributed by atoms with Gasteiger partial charge in [-0.3, -0.25) is 9.59 Å². The van der Waals surface area contributed by atoms with Gasteiger partial charge in [0.15, 0.2) is 6.61 Å². The molecule has 0 saturated carbocycles. The molecule has 0 aliphatic heterocycles. The fourth-order valence-electron chi connectivity index (χ4n) is 1.87. The van der Waals surface area contributed by atoms with Crippen molar-refractivity contribution in [2.24, 2.45) is 0 Å². The average molecular weight is 347 g/mol. The number of rotatable bonds is 7. The zero-order chi connectivity index (χ0) is 17.5. The van der Waals surface area contributed by atoms with Crippen molar-refractivity contribution < 1.29 is 23.9 Å². The van der Waals surface area contributed by atoms with Gasteiger partial charge in [-0.2, -0.15) is 0 Å². The molecule has 0 aliphatic rings. The van der Waals surface area contributed by atoms with Gasteiger partial charge < -0.3 is 14.8 Å². The molecule has 1 aromatic carbocycles. The number of ether oxygens (including phenoxy) is 2. The molecule has 2 rings (SSSR count). The maximum atomic E-state index is 12.1. The molecular formula is C17H17NO5S. The zero-order valence-electron chi connectivity index (χ0n) is 13.3. The molecule has 7 heteroatoms. The summed E-state index contributed by atoms with van der Waals surface area (Å²) in [4.78, 5) is 36.2. The standard InChI is InChI=1S/C17H17NO5S/c1-11(19)18-9-14-6-7-16(24-14)15(20)10-23-17(21)12-4-3-5-13(8-12)22-2/h3-8H,9-10H2,1-2H3,(H,18,19). The van der Waals surface area contributed by atoms with Crippen LogP contribution in [0.25, 0.3) is 0 Å². The topological polar surface area (TPSA) is 81.7 Å². The molecular weight excluding hydrogens is 330 g/mol. The van der Waals surface area contributed by atoms with Crippen LogP contribution in [0.15, 0.2) is 36.4 Å². The number of thiophene rings is 1. The van der Waals surface area contributed by atoms with Crippen LogP contribution in [-0.2, 0) is 16.1 Å². The first-order valence-corrected chi connectivity index (χ1v) is 7.99. The SMILES string of the molecule is COc1cccc(C(=O)OCC(=O)c2ccc(CNC(C)=O)s2)c1. The quantitative estimate of drug-likeness (QED) is 0.614. The first-order valence-electron chi connectivity index (χ1n) is 7.17. The van der Waals surface area contributed by atoms with Crippen molar-refractivity contribution in [1.82, 2.24) is 5.32 Å². The zero-order valence-corrected chi connectivity index (χ0v) is 14.1. The Balaban J connectivity index is 1.90. The summed E-state index contributed by atoms with van der Waals surface area (Å²) in [5.74, 6) is -0.470. The Hall–Kier alpha value is -2.67. The number of benzene rings is 1. The Labute approximate surface area is 143 Å². The normalized spacial score (nSPS) is 10.1. The average Bonchev–Trinajstić information content (AvgIpc) is 3.06. The maximum absolute atomic E-state index is 12.1. The highest BCUT2D eigenvalue weighted by atomic mass is 32.1. The first-order chi connectivity index (χ1) is 11.5. The number of nitrogens with one attached hydrogen (secondary N) is 1. The summed E-state index contributed by atoms with van der Waals surface area (Å²) in [6.45, 7) is 1.46. The second kappa shape index (κ2) is 8.26. The van der Waals surface area contributed by atoms with Crippen LogP contribution in [-0.4, -0.2) is 31.4 Å². The number of amides is 1. The Morgan fingerprint density at radius 3 is 2.67 bits per heavy atom. The molecule has 0 atom stereocenters. The molecule has 126 valence electrons. The molecule has 0 bridgehead atoms. The summed E-state index contributed by atoms with van der Waals surface area (Å²) >= 11 is 1.26. The van der Waals surface area contributed by atoms with Crippen LogP contribution in [0.5, 0.6) is 5.75 Å². The van der Waals surface area contributed by atoms with Gasteiger partial charge in [0.25, 0.3) is 0 Å². The van der Waals surface area contributed by atoms with Crippen molar-refractivity contribution in [3.8, 4) is 5.75 Å². The predicted molar refractivity (Wildman–Crippen MR) is 89.4 cm³/mol. The van der Waals surface area contributed by atoms with Crippen molar-refractivity contribution in [2.45, 2.75) is 13.5 Å². The molecule has 0 radical (unpaired) electrons. The summed E-state index contributed by atoms with van der Waals surface area (Å²) in [7, 11) is 1.50. The van der Waals surface area contributed by atoms with E-state index < -0.39 is 5.97 Å². The van der Waals surface area contributed by atoms with Gasteiger partial charge in [0.1, 0.15) is 5.75 Å². The molecule has 1 amide bonds. The molecule has 1 heterocycles. The highest BCUT2D eigenvalue weighted by molar-refractivity contribution is 7.14. The molecule has 0 unspecified atom stereocenters. The van der Waals surface area contributed by atoms with Crippen molar-refractivity contribution in [2.75, 3.05) is 13.7 Å². The Morgan fingerprint density at radius 1 is 1.17 bits per heavy atom. The number of carbonyl (C=O) groups is 3. The molecule has 0 aliphatic carbocycles. The summed E-state index contributed by atoms with van der Waals surface area (Å²) in [6.07, 6.45) is 0. The third kappa shape index (κ3) is 4.92. The summed E-state index contributed by atoms with van der Waals surface area (Å²) < 4.78 is 10.1.